The van der Waals surface area contributed by atoms with Gasteiger partial charge in [0.2, 0.25) is 5.91 Å². The lowest BCUT2D eigenvalue weighted by atomic mass is 10.2. The minimum absolute atomic E-state index is 0.00570. The molecule has 1 aromatic heterocycles. The number of carbonyl (C=O) groups is 1. The van der Waals surface area contributed by atoms with Crippen molar-refractivity contribution in [2.45, 2.75) is 6.54 Å². The van der Waals surface area contributed by atoms with E-state index in [1.54, 1.807) is 24.5 Å². The molecule has 2 aromatic rings. The lowest BCUT2D eigenvalue weighted by Crippen LogP contribution is -2.49. The summed E-state index contributed by atoms with van der Waals surface area (Å²) in [5.41, 5.74) is 1.67. The molecule has 1 fully saturated rings. The molecule has 1 N–H and O–H groups in total. The normalized spacial score (nSPS) is 15.3. The lowest BCUT2D eigenvalue weighted by molar-refractivity contribution is -0.122. The Balaban J connectivity index is 1.44. The molecule has 0 saturated carbocycles. The first kappa shape index (κ1) is 16.4. The van der Waals surface area contributed by atoms with E-state index in [9.17, 15) is 9.18 Å². The van der Waals surface area contributed by atoms with Crippen molar-refractivity contribution >= 4 is 11.6 Å². The van der Waals surface area contributed by atoms with Crippen molar-refractivity contribution in [1.29, 1.82) is 0 Å². The first-order valence-electron chi connectivity index (χ1n) is 8.10. The Bertz CT molecular complexity index is 672. The van der Waals surface area contributed by atoms with Crippen LogP contribution in [-0.2, 0) is 11.3 Å². The fourth-order valence-corrected chi connectivity index (χ4v) is 2.82. The van der Waals surface area contributed by atoms with Crippen molar-refractivity contribution in [2.75, 3.05) is 37.6 Å². The van der Waals surface area contributed by atoms with Crippen LogP contribution in [0.2, 0.25) is 0 Å². The molecular weight excluding hydrogens is 307 g/mol. The largest absolute Gasteiger partial charge is 0.367 e. The Hall–Kier alpha value is -2.47. The SMILES string of the molecule is O=C(CN1CCN(c2ccccc2F)CC1)NCc1ccncc1. The highest BCUT2D eigenvalue weighted by atomic mass is 19.1. The van der Waals surface area contributed by atoms with Crippen LogP contribution in [0.15, 0.2) is 48.8 Å². The van der Waals surface area contributed by atoms with Gasteiger partial charge in [0, 0.05) is 45.1 Å². The average molecular weight is 328 g/mol. The number of para-hydroxylation sites is 1. The van der Waals surface area contributed by atoms with Gasteiger partial charge in [-0.25, -0.2) is 4.39 Å². The molecular formula is C18H21FN4O. The summed E-state index contributed by atoms with van der Waals surface area (Å²) in [6.45, 7) is 3.82. The molecule has 0 spiro atoms. The molecule has 3 rings (SSSR count). The Morgan fingerprint density at radius 2 is 1.79 bits per heavy atom. The topological polar surface area (TPSA) is 48.5 Å². The van der Waals surface area contributed by atoms with Crippen LogP contribution in [0.25, 0.3) is 0 Å². The molecule has 24 heavy (non-hydrogen) atoms. The van der Waals surface area contributed by atoms with Crippen LogP contribution in [0, 0.1) is 5.82 Å². The number of amides is 1. The standard InChI is InChI=1S/C18H21FN4O/c19-16-3-1-2-4-17(16)23-11-9-22(10-12-23)14-18(24)21-13-15-5-7-20-8-6-15/h1-8H,9-14H2,(H,21,24). The number of hydrogen-bond acceptors (Lipinski definition) is 4. The number of aromatic nitrogens is 1. The van der Waals surface area contributed by atoms with Crippen LogP contribution in [-0.4, -0.2) is 48.5 Å². The predicted molar refractivity (Wildman–Crippen MR) is 91.1 cm³/mol. The second-order valence-electron chi connectivity index (χ2n) is 5.85. The van der Waals surface area contributed by atoms with E-state index < -0.39 is 0 Å². The number of pyridine rings is 1. The van der Waals surface area contributed by atoms with Crippen LogP contribution in [0.1, 0.15) is 5.56 Å². The molecule has 0 atom stereocenters. The summed E-state index contributed by atoms with van der Waals surface area (Å²) in [5.74, 6) is -0.188. The maximum Gasteiger partial charge on any atom is 0.234 e. The van der Waals surface area contributed by atoms with Crippen LogP contribution in [0.3, 0.4) is 0 Å². The van der Waals surface area contributed by atoms with Crippen molar-refractivity contribution in [3.63, 3.8) is 0 Å². The van der Waals surface area contributed by atoms with Gasteiger partial charge in [-0.3, -0.25) is 14.7 Å². The molecule has 0 unspecified atom stereocenters. The molecule has 2 heterocycles. The van der Waals surface area contributed by atoms with E-state index in [0.717, 1.165) is 31.7 Å². The summed E-state index contributed by atoms with van der Waals surface area (Å²) in [7, 11) is 0. The van der Waals surface area contributed by atoms with Gasteiger partial charge >= 0.3 is 0 Å². The zero-order chi connectivity index (χ0) is 16.8. The maximum absolute atomic E-state index is 13.8. The summed E-state index contributed by atoms with van der Waals surface area (Å²) in [5, 5.41) is 2.92. The van der Waals surface area contributed by atoms with Crippen molar-refractivity contribution in [1.82, 2.24) is 15.2 Å². The third kappa shape index (κ3) is 4.29. The van der Waals surface area contributed by atoms with Gasteiger partial charge in [0.1, 0.15) is 5.82 Å². The van der Waals surface area contributed by atoms with E-state index in [1.807, 2.05) is 23.1 Å². The lowest BCUT2D eigenvalue weighted by Gasteiger charge is -2.35. The van der Waals surface area contributed by atoms with E-state index in [1.165, 1.54) is 6.07 Å². The quantitative estimate of drug-likeness (QED) is 0.907. The molecule has 6 heteroatoms. The summed E-state index contributed by atoms with van der Waals surface area (Å²) in [6, 6.07) is 10.6. The van der Waals surface area contributed by atoms with Gasteiger partial charge in [-0.2, -0.15) is 0 Å². The minimum atomic E-state index is -0.193. The van der Waals surface area contributed by atoms with Crippen LogP contribution in [0.4, 0.5) is 10.1 Å². The number of nitrogens with zero attached hydrogens (tertiary/aromatic N) is 3. The molecule has 126 valence electrons. The number of halogens is 1. The van der Waals surface area contributed by atoms with Gasteiger partial charge in [-0.15, -0.1) is 0 Å². The number of piperazine rings is 1. The second-order valence-corrected chi connectivity index (χ2v) is 5.85. The van der Waals surface area contributed by atoms with Crippen LogP contribution >= 0.6 is 0 Å². The first-order valence-corrected chi connectivity index (χ1v) is 8.10. The number of carbonyl (C=O) groups excluding carboxylic acids is 1. The third-order valence-electron chi connectivity index (χ3n) is 4.17. The number of benzene rings is 1. The molecule has 0 bridgehead atoms. The Morgan fingerprint density at radius 3 is 2.50 bits per heavy atom. The minimum Gasteiger partial charge on any atom is -0.367 e. The molecule has 0 radical (unpaired) electrons. The van der Waals surface area contributed by atoms with Crippen LogP contribution < -0.4 is 10.2 Å². The summed E-state index contributed by atoms with van der Waals surface area (Å²) in [6.07, 6.45) is 3.42. The van der Waals surface area contributed by atoms with Crippen molar-refractivity contribution < 1.29 is 9.18 Å². The number of rotatable bonds is 5. The fourth-order valence-electron chi connectivity index (χ4n) is 2.82. The molecule has 5 nitrogen and oxygen atoms in total. The highest BCUT2D eigenvalue weighted by Gasteiger charge is 2.20. The highest BCUT2D eigenvalue weighted by Crippen LogP contribution is 2.19. The number of nitrogens with one attached hydrogen (secondary N) is 1. The van der Waals surface area contributed by atoms with Gasteiger partial charge in [0.25, 0.3) is 0 Å². The smallest absolute Gasteiger partial charge is 0.234 e. The van der Waals surface area contributed by atoms with Crippen molar-refractivity contribution in [3.05, 3.63) is 60.2 Å². The van der Waals surface area contributed by atoms with E-state index in [2.05, 4.69) is 15.2 Å². The fraction of sp³-hybridized carbons (Fsp3) is 0.333. The Kier molecular flexibility index (Phi) is 5.38. The van der Waals surface area contributed by atoms with Gasteiger partial charge in [-0.1, -0.05) is 12.1 Å². The summed E-state index contributed by atoms with van der Waals surface area (Å²) in [4.78, 5) is 20.1. The maximum atomic E-state index is 13.8. The first-order chi connectivity index (χ1) is 11.7. The van der Waals surface area contributed by atoms with Gasteiger partial charge in [0.05, 0.1) is 12.2 Å². The van der Waals surface area contributed by atoms with Crippen LogP contribution in [0.5, 0.6) is 0 Å². The Morgan fingerprint density at radius 1 is 1.08 bits per heavy atom. The molecule has 1 aliphatic rings. The van der Waals surface area contributed by atoms with E-state index >= 15 is 0 Å². The van der Waals surface area contributed by atoms with E-state index in [4.69, 9.17) is 0 Å². The van der Waals surface area contributed by atoms with Crippen molar-refractivity contribution in [2.24, 2.45) is 0 Å². The molecule has 1 aromatic carbocycles. The summed E-state index contributed by atoms with van der Waals surface area (Å²) < 4.78 is 13.8. The monoisotopic (exact) mass is 328 g/mol. The molecule has 1 saturated heterocycles. The predicted octanol–water partition coefficient (Wildman–Crippen LogP) is 1.66. The zero-order valence-corrected chi connectivity index (χ0v) is 13.5. The molecule has 1 amide bonds. The average Bonchev–Trinajstić information content (AvgIpc) is 2.62. The van der Waals surface area contributed by atoms with E-state index in [-0.39, 0.29) is 11.7 Å². The van der Waals surface area contributed by atoms with E-state index in [0.29, 0.717) is 18.8 Å². The second kappa shape index (κ2) is 7.88. The molecule has 0 aliphatic carbocycles. The van der Waals surface area contributed by atoms with Gasteiger partial charge in [-0.05, 0) is 29.8 Å². The Labute approximate surface area is 141 Å². The summed E-state index contributed by atoms with van der Waals surface area (Å²) >= 11 is 0. The van der Waals surface area contributed by atoms with Gasteiger partial charge in [0.15, 0.2) is 0 Å². The third-order valence-corrected chi connectivity index (χ3v) is 4.17. The number of hydrogen-bond donors (Lipinski definition) is 1. The molecule has 1 aliphatic heterocycles. The van der Waals surface area contributed by atoms with Gasteiger partial charge < -0.3 is 10.2 Å². The van der Waals surface area contributed by atoms with Crippen molar-refractivity contribution in [3.8, 4) is 0 Å². The highest BCUT2D eigenvalue weighted by molar-refractivity contribution is 5.78. The number of anilines is 1. The zero-order valence-electron chi connectivity index (χ0n) is 13.5.